The molecule has 2 heterocycles. The Balaban J connectivity index is 1.80. The molecule has 28 heavy (non-hydrogen) atoms. The van der Waals surface area contributed by atoms with Crippen molar-refractivity contribution in [1.82, 2.24) is 9.80 Å². The van der Waals surface area contributed by atoms with Crippen LogP contribution in [0.4, 0.5) is 10.5 Å². The van der Waals surface area contributed by atoms with E-state index < -0.39 is 16.1 Å². The van der Waals surface area contributed by atoms with Crippen LogP contribution in [-0.4, -0.2) is 51.4 Å². The molecule has 1 aromatic rings. The normalized spacial score (nSPS) is 18.9. The number of hydrogen-bond acceptors (Lipinski definition) is 6. The number of nitrogens with zero attached hydrogens (tertiary/aromatic N) is 3. The van der Waals surface area contributed by atoms with Gasteiger partial charge in [0.1, 0.15) is 11.6 Å². The van der Waals surface area contributed by atoms with Gasteiger partial charge in [-0.25, -0.2) is 0 Å². The fourth-order valence-corrected chi connectivity index (χ4v) is 4.30. The van der Waals surface area contributed by atoms with E-state index >= 15 is 0 Å². The number of imide groups is 1. The third kappa shape index (κ3) is 4.31. The molecule has 148 valence electrons. The summed E-state index contributed by atoms with van der Waals surface area (Å²) in [5.74, 6) is -0.905. The lowest BCUT2D eigenvalue weighted by atomic mass is 10.1. The minimum absolute atomic E-state index is 0.0370. The van der Waals surface area contributed by atoms with E-state index in [1.807, 2.05) is 0 Å². The number of rotatable bonds is 4. The molecular weight excluding hydrogens is 429 g/mol. The minimum Gasteiger partial charge on any atom is -0.341 e. The van der Waals surface area contributed by atoms with Gasteiger partial charge in [0, 0.05) is 29.7 Å². The number of likely N-dealkylation sites (tertiary alicyclic amines) is 1. The van der Waals surface area contributed by atoms with E-state index in [0.29, 0.717) is 24.9 Å². The van der Waals surface area contributed by atoms with E-state index in [2.05, 4.69) is 0 Å². The van der Waals surface area contributed by atoms with Gasteiger partial charge in [-0.05, 0) is 43.2 Å². The van der Waals surface area contributed by atoms with Gasteiger partial charge in [-0.3, -0.25) is 29.4 Å². The summed E-state index contributed by atoms with van der Waals surface area (Å²) in [6.45, 7) is 0.917. The molecule has 2 fully saturated rings. The number of hydrogen-bond donors (Lipinski definition) is 0. The van der Waals surface area contributed by atoms with Gasteiger partial charge >= 0.3 is 0 Å². The predicted octanol–water partition coefficient (Wildman–Crippen LogP) is 3.95. The van der Waals surface area contributed by atoms with Crippen LogP contribution in [-0.2, 0) is 9.59 Å². The molecule has 2 aliphatic heterocycles. The molecule has 0 N–H and O–H groups in total. The molecule has 0 atom stereocenters. The first-order chi connectivity index (χ1) is 13.3. The smallest absolute Gasteiger partial charge is 0.294 e. The highest BCUT2D eigenvalue weighted by atomic mass is 35.5. The van der Waals surface area contributed by atoms with Crippen molar-refractivity contribution in [2.24, 2.45) is 0 Å². The number of nitro benzene ring substituents is 1. The molecule has 11 heteroatoms. The van der Waals surface area contributed by atoms with E-state index in [0.717, 1.165) is 30.2 Å². The number of amides is 3. The van der Waals surface area contributed by atoms with Crippen molar-refractivity contribution in [3.8, 4) is 0 Å². The topological polar surface area (TPSA) is 101 Å². The summed E-state index contributed by atoms with van der Waals surface area (Å²) in [5, 5.41) is 10.4. The van der Waals surface area contributed by atoms with Gasteiger partial charge in [-0.15, -0.1) is 0 Å². The van der Waals surface area contributed by atoms with Gasteiger partial charge in [-0.1, -0.05) is 23.2 Å². The molecule has 0 bridgehead atoms. The van der Waals surface area contributed by atoms with Crippen LogP contribution in [0.5, 0.6) is 0 Å². The van der Waals surface area contributed by atoms with Gasteiger partial charge in [-0.2, -0.15) is 0 Å². The molecular formula is C17H15Cl2N3O5S. The van der Waals surface area contributed by atoms with Crippen LogP contribution in [0, 0.1) is 10.1 Å². The Bertz CT molecular complexity index is 899. The van der Waals surface area contributed by atoms with Gasteiger partial charge in [0.05, 0.1) is 9.83 Å². The van der Waals surface area contributed by atoms with Gasteiger partial charge < -0.3 is 4.90 Å². The van der Waals surface area contributed by atoms with Crippen molar-refractivity contribution < 1.29 is 19.3 Å². The van der Waals surface area contributed by atoms with E-state index in [-0.39, 0.29) is 38.7 Å². The van der Waals surface area contributed by atoms with E-state index in [1.165, 1.54) is 12.1 Å². The summed E-state index contributed by atoms with van der Waals surface area (Å²) in [4.78, 5) is 50.1. The zero-order valence-corrected chi connectivity index (χ0v) is 16.9. The fourth-order valence-electron chi connectivity index (χ4n) is 2.96. The van der Waals surface area contributed by atoms with E-state index in [1.54, 1.807) is 4.90 Å². The lowest BCUT2D eigenvalue weighted by molar-refractivity contribution is -0.384. The van der Waals surface area contributed by atoms with Crippen molar-refractivity contribution in [2.45, 2.75) is 19.3 Å². The highest BCUT2D eigenvalue weighted by molar-refractivity contribution is 8.18. The Hall–Kier alpha value is -2.10. The maximum Gasteiger partial charge on any atom is 0.294 e. The number of piperidine rings is 1. The highest BCUT2D eigenvalue weighted by Crippen LogP contribution is 2.36. The summed E-state index contributed by atoms with van der Waals surface area (Å²) in [6.07, 6.45) is 4.16. The minimum atomic E-state index is -0.668. The molecule has 0 aliphatic carbocycles. The SMILES string of the molecule is O=C(CN1C(=O)S/C(=C\c2cc([N+](=O)[O-])c(Cl)cc2Cl)C1=O)N1CCCCC1. The second-order valence-corrected chi connectivity index (χ2v) is 8.10. The Kier molecular flexibility index (Phi) is 6.26. The lowest BCUT2D eigenvalue weighted by Gasteiger charge is -2.27. The molecule has 2 saturated heterocycles. The first-order valence-electron chi connectivity index (χ1n) is 8.44. The van der Waals surface area contributed by atoms with E-state index in [9.17, 15) is 24.5 Å². The van der Waals surface area contributed by atoms with Crippen LogP contribution < -0.4 is 0 Å². The number of halogens is 2. The summed E-state index contributed by atoms with van der Waals surface area (Å²) < 4.78 is 0. The highest BCUT2D eigenvalue weighted by Gasteiger charge is 2.37. The quantitative estimate of drug-likeness (QED) is 0.396. The third-order valence-electron chi connectivity index (χ3n) is 4.43. The Morgan fingerprint density at radius 3 is 2.50 bits per heavy atom. The lowest BCUT2D eigenvalue weighted by Crippen LogP contribution is -2.44. The average Bonchev–Trinajstić information content (AvgIpc) is 2.91. The first kappa shape index (κ1) is 20.6. The van der Waals surface area contributed by atoms with Crippen LogP contribution in [0.25, 0.3) is 6.08 Å². The molecule has 0 saturated carbocycles. The van der Waals surface area contributed by atoms with Gasteiger partial charge in [0.25, 0.3) is 16.8 Å². The van der Waals surface area contributed by atoms with Gasteiger partial charge in [0.15, 0.2) is 0 Å². The second kappa shape index (κ2) is 8.50. The number of thioether (sulfide) groups is 1. The zero-order valence-electron chi connectivity index (χ0n) is 14.5. The fraction of sp³-hybridized carbons (Fsp3) is 0.353. The number of benzene rings is 1. The summed E-state index contributed by atoms with van der Waals surface area (Å²) in [6, 6.07) is 2.34. The predicted molar refractivity (Wildman–Crippen MR) is 106 cm³/mol. The van der Waals surface area contributed by atoms with Crippen molar-refractivity contribution in [1.29, 1.82) is 0 Å². The van der Waals surface area contributed by atoms with Gasteiger partial charge in [0.2, 0.25) is 5.91 Å². The molecule has 0 radical (unpaired) electrons. The average molecular weight is 444 g/mol. The first-order valence-corrected chi connectivity index (χ1v) is 10.0. The molecule has 0 unspecified atom stereocenters. The van der Waals surface area contributed by atoms with Crippen molar-refractivity contribution >= 4 is 63.8 Å². The van der Waals surface area contributed by atoms with E-state index in [4.69, 9.17) is 23.2 Å². The summed E-state index contributed by atoms with van der Waals surface area (Å²) in [5.41, 5.74) is -0.178. The molecule has 1 aromatic carbocycles. The van der Waals surface area contributed by atoms with Crippen LogP contribution in [0.15, 0.2) is 17.0 Å². The van der Waals surface area contributed by atoms with Crippen LogP contribution >= 0.6 is 35.0 Å². The van der Waals surface area contributed by atoms with Crippen molar-refractivity contribution in [3.63, 3.8) is 0 Å². The molecule has 3 rings (SSSR count). The molecule has 3 amide bonds. The Morgan fingerprint density at radius 2 is 1.86 bits per heavy atom. The maximum absolute atomic E-state index is 12.6. The third-order valence-corrected chi connectivity index (χ3v) is 5.96. The van der Waals surface area contributed by atoms with Crippen LogP contribution in [0.2, 0.25) is 10.0 Å². The molecule has 0 aromatic heterocycles. The maximum atomic E-state index is 12.6. The summed E-state index contributed by atoms with van der Waals surface area (Å²) in [7, 11) is 0. The number of nitro groups is 1. The van der Waals surface area contributed by atoms with Crippen molar-refractivity contribution in [3.05, 3.63) is 42.8 Å². The van der Waals surface area contributed by atoms with Crippen molar-refractivity contribution in [2.75, 3.05) is 19.6 Å². The zero-order chi connectivity index (χ0) is 20.4. The summed E-state index contributed by atoms with van der Waals surface area (Å²) >= 11 is 12.5. The molecule has 2 aliphatic rings. The monoisotopic (exact) mass is 443 g/mol. The second-order valence-electron chi connectivity index (χ2n) is 6.29. The number of carbonyl (C=O) groups excluding carboxylic acids is 3. The molecule has 0 spiro atoms. The largest absolute Gasteiger partial charge is 0.341 e. The standard InChI is InChI=1S/C17H15Cl2N3O5S/c18-11-8-12(19)13(22(26)27)6-10(11)7-14-16(24)21(17(25)28-14)9-15(23)20-4-2-1-3-5-20/h6-8H,1-5,9H2/b14-7-. The van der Waals surface area contributed by atoms with Crippen LogP contribution in [0.3, 0.4) is 0 Å². The molecule has 8 nitrogen and oxygen atoms in total. The van der Waals surface area contributed by atoms with Crippen LogP contribution in [0.1, 0.15) is 24.8 Å². The Labute approximate surface area is 174 Å². The number of carbonyl (C=O) groups is 3. The Morgan fingerprint density at radius 1 is 1.18 bits per heavy atom.